The van der Waals surface area contributed by atoms with Crippen molar-refractivity contribution in [2.45, 2.75) is 12.3 Å². The van der Waals surface area contributed by atoms with Gasteiger partial charge < -0.3 is 10.4 Å². The van der Waals surface area contributed by atoms with Gasteiger partial charge >= 0.3 is 0 Å². The topological polar surface area (TPSA) is 32.3 Å². The van der Waals surface area contributed by atoms with E-state index in [0.29, 0.717) is 12.1 Å². The molecule has 82 valence electrons. The van der Waals surface area contributed by atoms with Crippen LogP contribution in [0.15, 0.2) is 24.3 Å². The summed E-state index contributed by atoms with van der Waals surface area (Å²) in [5.41, 5.74) is 0.589. The molecule has 1 aromatic carbocycles. The molecule has 4 heteroatoms. The van der Waals surface area contributed by atoms with E-state index in [1.807, 2.05) is 0 Å². The van der Waals surface area contributed by atoms with Crippen LogP contribution in [0.3, 0.4) is 0 Å². The Hall–Kier alpha value is -1.16. The number of para-hydroxylation sites is 1. The minimum absolute atomic E-state index is 0.0974. The summed E-state index contributed by atoms with van der Waals surface area (Å²) in [7, 11) is 0. The van der Waals surface area contributed by atoms with Gasteiger partial charge in [-0.15, -0.1) is 0 Å². The van der Waals surface area contributed by atoms with E-state index in [4.69, 9.17) is 0 Å². The molecule has 1 aliphatic heterocycles. The van der Waals surface area contributed by atoms with Crippen LogP contribution in [0.2, 0.25) is 0 Å². The van der Waals surface area contributed by atoms with Gasteiger partial charge in [-0.2, -0.15) is 0 Å². The summed E-state index contributed by atoms with van der Waals surface area (Å²) in [6.07, 6.45) is 0.215. The third-order valence-corrected chi connectivity index (χ3v) is 2.81. The van der Waals surface area contributed by atoms with E-state index in [1.54, 1.807) is 18.2 Å². The number of aromatic hydroxyl groups is 1. The van der Waals surface area contributed by atoms with Crippen molar-refractivity contribution >= 4 is 0 Å². The fourth-order valence-corrected chi connectivity index (χ4v) is 1.88. The highest BCUT2D eigenvalue weighted by Gasteiger charge is 2.43. The van der Waals surface area contributed by atoms with Crippen LogP contribution in [0.5, 0.6) is 5.75 Å². The molecule has 0 aliphatic carbocycles. The highest BCUT2D eigenvalue weighted by molar-refractivity contribution is 5.32. The Morgan fingerprint density at radius 3 is 2.73 bits per heavy atom. The summed E-state index contributed by atoms with van der Waals surface area (Å²) in [5, 5.41) is 12.1. The minimum Gasteiger partial charge on any atom is -0.508 e. The van der Waals surface area contributed by atoms with E-state index in [9.17, 15) is 13.9 Å². The van der Waals surface area contributed by atoms with Gasteiger partial charge in [-0.3, -0.25) is 0 Å². The summed E-state index contributed by atoms with van der Waals surface area (Å²) >= 11 is 0. The largest absolute Gasteiger partial charge is 0.508 e. The summed E-state index contributed by atoms with van der Waals surface area (Å²) in [6, 6.07) is 6.64. The zero-order valence-corrected chi connectivity index (χ0v) is 8.21. The monoisotopic (exact) mass is 213 g/mol. The number of halogens is 2. The molecule has 0 radical (unpaired) electrons. The highest BCUT2D eigenvalue weighted by Crippen LogP contribution is 2.32. The lowest BCUT2D eigenvalue weighted by molar-refractivity contribution is -0.0213. The molecular formula is C11H13F2NO. The molecule has 1 atom stereocenters. The van der Waals surface area contributed by atoms with E-state index >= 15 is 0 Å². The Balaban J connectivity index is 2.12. The Labute approximate surface area is 86.9 Å². The van der Waals surface area contributed by atoms with Crippen molar-refractivity contribution in [2.24, 2.45) is 5.92 Å². The molecule has 1 aliphatic rings. The van der Waals surface area contributed by atoms with Gasteiger partial charge in [0, 0.05) is 12.5 Å². The fourth-order valence-electron chi connectivity index (χ4n) is 1.88. The molecule has 0 saturated carbocycles. The lowest BCUT2D eigenvalue weighted by Crippen LogP contribution is -2.28. The number of hydrogen-bond donors (Lipinski definition) is 2. The van der Waals surface area contributed by atoms with Gasteiger partial charge in [-0.05, 0) is 18.1 Å². The standard InChI is InChI=1S/C11H13F2NO/c12-11(13)7-14-6-9(11)5-8-3-1-2-4-10(8)15/h1-4,9,14-15H,5-7H2. The number of alkyl halides is 2. The van der Waals surface area contributed by atoms with Crippen LogP contribution < -0.4 is 5.32 Å². The fraction of sp³-hybridized carbons (Fsp3) is 0.455. The Morgan fingerprint density at radius 1 is 1.40 bits per heavy atom. The van der Waals surface area contributed by atoms with Crippen LogP contribution in [0.4, 0.5) is 8.78 Å². The second-order valence-corrected chi connectivity index (χ2v) is 3.92. The predicted molar refractivity (Wildman–Crippen MR) is 53.1 cm³/mol. The first-order chi connectivity index (χ1) is 7.09. The van der Waals surface area contributed by atoms with E-state index in [1.165, 1.54) is 6.07 Å². The summed E-state index contributed by atoms with van der Waals surface area (Å²) in [5.74, 6) is -3.28. The van der Waals surface area contributed by atoms with Gasteiger partial charge in [0.25, 0.3) is 5.92 Å². The van der Waals surface area contributed by atoms with Gasteiger partial charge in [0.1, 0.15) is 5.75 Å². The van der Waals surface area contributed by atoms with Crippen molar-refractivity contribution in [3.63, 3.8) is 0 Å². The Kier molecular flexibility index (Phi) is 2.61. The van der Waals surface area contributed by atoms with E-state index < -0.39 is 11.8 Å². The molecule has 0 amide bonds. The predicted octanol–water partition coefficient (Wildman–Crippen LogP) is 1.79. The second-order valence-electron chi connectivity index (χ2n) is 3.92. The molecule has 1 aromatic rings. The molecule has 1 heterocycles. The SMILES string of the molecule is Oc1ccccc1CC1CNCC1(F)F. The average molecular weight is 213 g/mol. The minimum atomic E-state index is -2.66. The van der Waals surface area contributed by atoms with Gasteiger partial charge in [0.05, 0.1) is 6.54 Å². The van der Waals surface area contributed by atoms with Crippen LogP contribution >= 0.6 is 0 Å². The zero-order valence-electron chi connectivity index (χ0n) is 8.21. The van der Waals surface area contributed by atoms with E-state index in [2.05, 4.69) is 5.32 Å². The molecule has 2 rings (SSSR count). The summed E-state index contributed by atoms with van der Waals surface area (Å²) in [6.45, 7) is 0.0482. The summed E-state index contributed by atoms with van der Waals surface area (Å²) in [4.78, 5) is 0. The third kappa shape index (κ3) is 2.09. The highest BCUT2D eigenvalue weighted by atomic mass is 19.3. The molecule has 2 N–H and O–H groups in total. The Morgan fingerprint density at radius 2 is 2.13 bits per heavy atom. The van der Waals surface area contributed by atoms with Crippen molar-refractivity contribution in [2.75, 3.05) is 13.1 Å². The van der Waals surface area contributed by atoms with E-state index in [-0.39, 0.29) is 18.7 Å². The first kappa shape index (κ1) is 10.4. The van der Waals surface area contributed by atoms with Crippen LogP contribution in [-0.4, -0.2) is 24.1 Å². The zero-order chi connectivity index (χ0) is 10.9. The number of benzene rings is 1. The summed E-state index contributed by atoms with van der Waals surface area (Å²) < 4.78 is 26.6. The molecule has 0 bridgehead atoms. The normalized spacial score (nSPS) is 24.3. The van der Waals surface area contributed by atoms with Crippen molar-refractivity contribution < 1.29 is 13.9 Å². The molecule has 15 heavy (non-hydrogen) atoms. The van der Waals surface area contributed by atoms with Crippen molar-refractivity contribution in [3.8, 4) is 5.75 Å². The molecule has 0 aromatic heterocycles. The number of nitrogens with one attached hydrogen (secondary N) is 1. The van der Waals surface area contributed by atoms with Crippen molar-refractivity contribution in [1.82, 2.24) is 5.32 Å². The molecule has 1 fully saturated rings. The molecule has 2 nitrogen and oxygen atoms in total. The Bertz CT molecular complexity index is 354. The van der Waals surface area contributed by atoms with Gasteiger partial charge in [-0.25, -0.2) is 8.78 Å². The average Bonchev–Trinajstić information content (AvgIpc) is 2.50. The second kappa shape index (κ2) is 3.77. The molecule has 1 unspecified atom stereocenters. The number of hydrogen-bond acceptors (Lipinski definition) is 2. The van der Waals surface area contributed by atoms with Crippen LogP contribution in [0.25, 0.3) is 0 Å². The quantitative estimate of drug-likeness (QED) is 0.785. The number of phenolic OH excluding ortho intramolecular Hbond substituents is 1. The lowest BCUT2D eigenvalue weighted by atomic mass is 9.95. The van der Waals surface area contributed by atoms with Gasteiger partial charge in [-0.1, -0.05) is 18.2 Å². The van der Waals surface area contributed by atoms with E-state index in [0.717, 1.165) is 0 Å². The number of phenols is 1. The lowest BCUT2D eigenvalue weighted by Gasteiger charge is -2.17. The maximum Gasteiger partial charge on any atom is 0.264 e. The van der Waals surface area contributed by atoms with Gasteiger partial charge in [0.15, 0.2) is 0 Å². The maximum absolute atomic E-state index is 13.3. The van der Waals surface area contributed by atoms with Crippen LogP contribution in [-0.2, 0) is 6.42 Å². The van der Waals surface area contributed by atoms with Gasteiger partial charge in [0.2, 0.25) is 0 Å². The maximum atomic E-state index is 13.3. The first-order valence-corrected chi connectivity index (χ1v) is 4.95. The third-order valence-electron chi connectivity index (χ3n) is 2.81. The molecule has 0 spiro atoms. The van der Waals surface area contributed by atoms with Crippen LogP contribution in [0.1, 0.15) is 5.56 Å². The molecular weight excluding hydrogens is 200 g/mol. The molecule has 1 saturated heterocycles. The van der Waals surface area contributed by atoms with Crippen molar-refractivity contribution in [3.05, 3.63) is 29.8 Å². The van der Waals surface area contributed by atoms with Crippen molar-refractivity contribution in [1.29, 1.82) is 0 Å². The van der Waals surface area contributed by atoms with Crippen LogP contribution in [0, 0.1) is 5.92 Å². The number of rotatable bonds is 2. The smallest absolute Gasteiger partial charge is 0.264 e. The first-order valence-electron chi connectivity index (χ1n) is 4.95.